The SMILES string of the molecule is CNCCC1CCN(C(=O)c2cn(Cc3ccccn3)nn2)CC1. The first-order valence-corrected chi connectivity index (χ1v) is 8.50. The molecule has 2 aromatic rings. The molecule has 0 unspecified atom stereocenters. The van der Waals surface area contributed by atoms with Crippen LogP contribution in [0.15, 0.2) is 30.6 Å². The summed E-state index contributed by atoms with van der Waals surface area (Å²) in [6.07, 6.45) is 6.77. The standard InChI is InChI=1S/C17H24N6O/c1-18-9-5-14-6-10-22(11-7-14)17(24)16-13-23(21-20-16)12-15-4-2-3-8-19-15/h2-4,8,13-14,18H,5-7,9-12H2,1H3. The van der Waals surface area contributed by atoms with Crippen LogP contribution in [-0.4, -0.2) is 57.5 Å². The minimum absolute atomic E-state index is 0.0191. The van der Waals surface area contributed by atoms with Crippen molar-refractivity contribution in [1.82, 2.24) is 30.2 Å². The average molecular weight is 328 g/mol. The molecular weight excluding hydrogens is 304 g/mol. The lowest BCUT2D eigenvalue weighted by Crippen LogP contribution is -2.39. The fraction of sp³-hybridized carbons (Fsp3) is 0.529. The molecular formula is C17H24N6O. The Morgan fingerprint density at radius 2 is 2.17 bits per heavy atom. The van der Waals surface area contributed by atoms with Gasteiger partial charge >= 0.3 is 0 Å². The number of hydrogen-bond donors (Lipinski definition) is 1. The molecule has 0 saturated carbocycles. The molecule has 0 radical (unpaired) electrons. The molecule has 128 valence electrons. The Labute approximate surface area is 142 Å². The van der Waals surface area contributed by atoms with Crippen LogP contribution in [0, 0.1) is 5.92 Å². The molecule has 2 aromatic heterocycles. The number of carbonyl (C=O) groups is 1. The van der Waals surface area contributed by atoms with Crippen LogP contribution in [-0.2, 0) is 6.54 Å². The van der Waals surface area contributed by atoms with Crippen LogP contribution in [0.4, 0.5) is 0 Å². The molecule has 1 aliphatic heterocycles. The molecule has 1 amide bonds. The van der Waals surface area contributed by atoms with E-state index in [9.17, 15) is 4.79 Å². The van der Waals surface area contributed by atoms with Crippen molar-refractivity contribution in [2.24, 2.45) is 5.92 Å². The molecule has 3 rings (SSSR count). The van der Waals surface area contributed by atoms with E-state index in [4.69, 9.17) is 0 Å². The summed E-state index contributed by atoms with van der Waals surface area (Å²) < 4.78 is 1.66. The van der Waals surface area contributed by atoms with Gasteiger partial charge in [-0.1, -0.05) is 11.3 Å². The summed E-state index contributed by atoms with van der Waals surface area (Å²) in [4.78, 5) is 18.7. The topological polar surface area (TPSA) is 75.9 Å². The number of aromatic nitrogens is 4. The minimum Gasteiger partial charge on any atom is -0.337 e. The number of likely N-dealkylation sites (tertiary alicyclic amines) is 1. The van der Waals surface area contributed by atoms with Gasteiger partial charge < -0.3 is 10.2 Å². The highest BCUT2D eigenvalue weighted by Gasteiger charge is 2.25. The van der Waals surface area contributed by atoms with E-state index in [0.29, 0.717) is 18.2 Å². The fourth-order valence-electron chi connectivity index (χ4n) is 3.07. The maximum atomic E-state index is 12.6. The quantitative estimate of drug-likeness (QED) is 0.862. The summed E-state index contributed by atoms with van der Waals surface area (Å²) in [5.74, 6) is 0.690. The van der Waals surface area contributed by atoms with Gasteiger partial charge in [-0.15, -0.1) is 5.10 Å². The van der Waals surface area contributed by atoms with Crippen molar-refractivity contribution in [1.29, 1.82) is 0 Å². The fourth-order valence-corrected chi connectivity index (χ4v) is 3.07. The molecule has 0 aromatic carbocycles. The lowest BCUT2D eigenvalue weighted by Gasteiger charge is -2.31. The van der Waals surface area contributed by atoms with E-state index in [-0.39, 0.29) is 5.91 Å². The predicted octanol–water partition coefficient (Wildman–Crippen LogP) is 1.18. The maximum absolute atomic E-state index is 12.6. The van der Waals surface area contributed by atoms with Crippen molar-refractivity contribution >= 4 is 5.91 Å². The monoisotopic (exact) mass is 328 g/mol. The number of nitrogens with one attached hydrogen (secondary N) is 1. The Kier molecular flexibility index (Phi) is 5.53. The van der Waals surface area contributed by atoms with Crippen LogP contribution in [0.3, 0.4) is 0 Å². The molecule has 1 saturated heterocycles. The maximum Gasteiger partial charge on any atom is 0.276 e. The Bertz CT molecular complexity index is 648. The first kappa shape index (κ1) is 16.6. The van der Waals surface area contributed by atoms with Gasteiger partial charge in [0.1, 0.15) is 0 Å². The van der Waals surface area contributed by atoms with Crippen molar-refractivity contribution < 1.29 is 4.79 Å². The molecule has 1 fully saturated rings. The van der Waals surface area contributed by atoms with Crippen molar-refractivity contribution in [3.05, 3.63) is 42.0 Å². The molecule has 24 heavy (non-hydrogen) atoms. The molecule has 3 heterocycles. The number of amides is 1. The van der Waals surface area contributed by atoms with Gasteiger partial charge in [0.2, 0.25) is 0 Å². The van der Waals surface area contributed by atoms with E-state index in [1.165, 1.54) is 6.42 Å². The van der Waals surface area contributed by atoms with Gasteiger partial charge in [0.25, 0.3) is 5.91 Å². The molecule has 7 nitrogen and oxygen atoms in total. The van der Waals surface area contributed by atoms with Gasteiger partial charge in [0, 0.05) is 19.3 Å². The van der Waals surface area contributed by atoms with Gasteiger partial charge in [-0.3, -0.25) is 9.78 Å². The summed E-state index contributed by atoms with van der Waals surface area (Å²) in [6, 6.07) is 5.74. The number of carbonyl (C=O) groups excluding carboxylic acids is 1. The van der Waals surface area contributed by atoms with E-state index in [1.807, 2.05) is 30.1 Å². The van der Waals surface area contributed by atoms with Crippen molar-refractivity contribution in [3.63, 3.8) is 0 Å². The van der Waals surface area contributed by atoms with Crippen LogP contribution in [0.5, 0.6) is 0 Å². The van der Waals surface area contributed by atoms with Crippen LogP contribution in [0.1, 0.15) is 35.4 Å². The van der Waals surface area contributed by atoms with Crippen LogP contribution in [0.25, 0.3) is 0 Å². The largest absolute Gasteiger partial charge is 0.337 e. The molecule has 0 aliphatic carbocycles. The van der Waals surface area contributed by atoms with E-state index >= 15 is 0 Å². The normalized spacial score (nSPS) is 15.6. The van der Waals surface area contributed by atoms with E-state index in [1.54, 1.807) is 17.1 Å². The van der Waals surface area contributed by atoms with Crippen molar-refractivity contribution in [2.75, 3.05) is 26.7 Å². The van der Waals surface area contributed by atoms with Crippen LogP contribution in [0.2, 0.25) is 0 Å². The highest BCUT2D eigenvalue weighted by atomic mass is 16.2. The Hall–Kier alpha value is -2.28. The second-order valence-electron chi connectivity index (χ2n) is 6.25. The van der Waals surface area contributed by atoms with Gasteiger partial charge in [-0.05, 0) is 50.9 Å². The van der Waals surface area contributed by atoms with E-state index < -0.39 is 0 Å². The first-order chi connectivity index (χ1) is 11.8. The van der Waals surface area contributed by atoms with Gasteiger partial charge in [-0.25, -0.2) is 4.68 Å². The third-order valence-electron chi connectivity index (χ3n) is 4.51. The summed E-state index contributed by atoms with van der Waals surface area (Å²) in [5, 5.41) is 11.3. The highest BCUT2D eigenvalue weighted by Crippen LogP contribution is 2.21. The lowest BCUT2D eigenvalue weighted by atomic mass is 9.93. The molecule has 1 N–H and O–H groups in total. The third kappa shape index (κ3) is 4.17. The van der Waals surface area contributed by atoms with Gasteiger partial charge in [-0.2, -0.15) is 0 Å². The molecule has 0 spiro atoms. The average Bonchev–Trinajstić information content (AvgIpc) is 3.09. The summed E-state index contributed by atoms with van der Waals surface area (Å²) >= 11 is 0. The molecule has 0 atom stereocenters. The Morgan fingerprint density at radius 3 is 2.88 bits per heavy atom. The second-order valence-corrected chi connectivity index (χ2v) is 6.25. The highest BCUT2D eigenvalue weighted by molar-refractivity contribution is 5.91. The Morgan fingerprint density at radius 1 is 1.33 bits per heavy atom. The zero-order valence-corrected chi connectivity index (χ0v) is 14.1. The van der Waals surface area contributed by atoms with Crippen molar-refractivity contribution in [2.45, 2.75) is 25.8 Å². The third-order valence-corrected chi connectivity index (χ3v) is 4.51. The zero-order chi connectivity index (χ0) is 16.8. The van der Waals surface area contributed by atoms with Gasteiger partial charge in [0.15, 0.2) is 5.69 Å². The van der Waals surface area contributed by atoms with Crippen molar-refractivity contribution in [3.8, 4) is 0 Å². The summed E-state index contributed by atoms with van der Waals surface area (Å²) in [7, 11) is 1.98. The van der Waals surface area contributed by atoms with Crippen LogP contribution < -0.4 is 5.32 Å². The summed E-state index contributed by atoms with van der Waals surface area (Å²) in [6.45, 7) is 3.17. The molecule has 1 aliphatic rings. The second kappa shape index (κ2) is 8.01. The lowest BCUT2D eigenvalue weighted by molar-refractivity contribution is 0.0681. The minimum atomic E-state index is -0.0191. The number of nitrogens with zero attached hydrogens (tertiary/aromatic N) is 5. The smallest absolute Gasteiger partial charge is 0.276 e. The summed E-state index contributed by atoms with van der Waals surface area (Å²) in [5.41, 5.74) is 1.31. The van der Waals surface area contributed by atoms with E-state index in [0.717, 1.165) is 38.2 Å². The zero-order valence-electron chi connectivity index (χ0n) is 14.1. The predicted molar refractivity (Wildman–Crippen MR) is 90.5 cm³/mol. The van der Waals surface area contributed by atoms with Crippen LogP contribution >= 0.6 is 0 Å². The number of pyridine rings is 1. The number of rotatable bonds is 6. The Balaban J connectivity index is 1.54. The van der Waals surface area contributed by atoms with Gasteiger partial charge in [0.05, 0.1) is 18.4 Å². The molecule has 7 heteroatoms. The molecule has 0 bridgehead atoms. The number of hydrogen-bond acceptors (Lipinski definition) is 5. The number of piperidine rings is 1. The first-order valence-electron chi connectivity index (χ1n) is 8.50. The van der Waals surface area contributed by atoms with E-state index in [2.05, 4.69) is 20.6 Å².